The van der Waals surface area contributed by atoms with Crippen molar-refractivity contribution in [3.8, 4) is 0 Å². The van der Waals surface area contributed by atoms with E-state index in [0.717, 1.165) is 0 Å². The van der Waals surface area contributed by atoms with Gasteiger partial charge in [-0.2, -0.15) is 0 Å². The van der Waals surface area contributed by atoms with Gasteiger partial charge in [0, 0.05) is 31.4 Å². The van der Waals surface area contributed by atoms with E-state index in [9.17, 15) is 19.1 Å². The minimum Gasteiger partial charge on any atom is -0.478 e. The highest BCUT2D eigenvalue weighted by Crippen LogP contribution is 2.31. The number of hydrogen-bond acceptors (Lipinski definition) is 5. The van der Waals surface area contributed by atoms with E-state index in [2.05, 4.69) is 17.4 Å². The maximum absolute atomic E-state index is 14.6. The molecule has 0 spiro atoms. The number of anilines is 2. The molecule has 1 aromatic heterocycles. The minimum atomic E-state index is -1.07. The topological polar surface area (TPSA) is 87.5 Å². The van der Waals surface area contributed by atoms with Crippen LogP contribution in [0.2, 0.25) is 0 Å². The van der Waals surface area contributed by atoms with E-state index in [1.807, 2.05) is 17.0 Å². The van der Waals surface area contributed by atoms with Gasteiger partial charge in [-0.25, -0.2) is 14.2 Å². The van der Waals surface area contributed by atoms with Crippen LogP contribution in [0.25, 0.3) is 10.9 Å². The monoisotopic (exact) mass is 458 g/mol. The third-order valence-electron chi connectivity index (χ3n) is 6.27. The lowest BCUT2D eigenvalue weighted by Gasteiger charge is -2.22. The summed E-state index contributed by atoms with van der Waals surface area (Å²) in [6.07, 6.45) is 0. The van der Waals surface area contributed by atoms with E-state index in [1.54, 1.807) is 32.2 Å². The lowest BCUT2D eigenvalue weighted by molar-refractivity contribution is 0.0698. The molecule has 5 rings (SSSR count). The fourth-order valence-electron chi connectivity index (χ4n) is 4.55. The van der Waals surface area contributed by atoms with E-state index >= 15 is 0 Å². The Morgan fingerprint density at radius 2 is 1.74 bits per heavy atom. The average molecular weight is 458 g/mol. The van der Waals surface area contributed by atoms with Crippen LogP contribution in [0.1, 0.15) is 40.0 Å². The summed E-state index contributed by atoms with van der Waals surface area (Å²) in [5, 5.41) is 12.8. The smallest absolute Gasteiger partial charge is 0.337 e. The van der Waals surface area contributed by atoms with Crippen LogP contribution >= 0.6 is 0 Å². The molecule has 2 N–H and O–H groups in total. The Hall–Kier alpha value is -4.20. The Balaban J connectivity index is 1.60. The first-order valence-corrected chi connectivity index (χ1v) is 10.9. The van der Waals surface area contributed by atoms with Crippen LogP contribution in [-0.4, -0.2) is 20.6 Å². The predicted octanol–water partition coefficient (Wildman–Crippen LogP) is 4.46. The Morgan fingerprint density at radius 1 is 1.09 bits per heavy atom. The average Bonchev–Trinajstić information content (AvgIpc) is 3.25. The van der Waals surface area contributed by atoms with Gasteiger partial charge in [-0.1, -0.05) is 36.4 Å². The number of halogens is 1. The maximum atomic E-state index is 14.6. The lowest BCUT2D eigenvalue weighted by atomic mass is 10.0. The van der Waals surface area contributed by atoms with Gasteiger partial charge in [-0.15, -0.1) is 0 Å². The van der Waals surface area contributed by atoms with Gasteiger partial charge in [0.15, 0.2) is 0 Å². The second-order valence-electron chi connectivity index (χ2n) is 8.51. The molecular weight excluding hydrogens is 435 g/mol. The summed E-state index contributed by atoms with van der Waals surface area (Å²) in [5.74, 6) is -1.12. The zero-order valence-corrected chi connectivity index (χ0v) is 18.7. The fraction of sp³-hybridized carbons (Fsp3) is 0.192. The van der Waals surface area contributed by atoms with E-state index in [4.69, 9.17) is 4.98 Å². The summed E-state index contributed by atoms with van der Waals surface area (Å²) in [5.41, 5.74) is 3.39. The predicted molar refractivity (Wildman–Crippen MR) is 129 cm³/mol. The summed E-state index contributed by atoms with van der Waals surface area (Å²) < 4.78 is 16.0. The lowest BCUT2D eigenvalue weighted by Crippen LogP contribution is -2.28. The molecule has 1 atom stereocenters. The van der Waals surface area contributed by atoms with Gasteiger partial charge in [0.1, 0.15) is 5.82 Å². The molecule has 4 aromatic rings. The van der Waals surface area contributed by atoms with Crippen LogP contribution in [0, 0.1) is 5.82 Å². The number of rotatable bonds is 5. The van der Waals surface area contributed by atoms with Crippen LogP contribution in [0.15, 0.2) is 65.5 Å². The van der Waals surface area contributed by atoms with Gasteiger partial charge in [0.25, 0.3) is 5.56 Å². The number of carbonyl (C=O) groups is 1. The van der Waals surface area contributed by atoms with Crippen molar-refractivity contribution in [2.75, 3.05) is 10.2 Å². The van der Waals surface area contributed by atoms with Crippen molar-refractivity contribution in [1.29, 1.82) is 0 Å². The first-order chi connectivity index (χ1) is 16.3. The molecule has 0 bridgehead atoms. The van der Waals surface area contributed by atoms with Crippen LogP contribution < -0.4 is 15.8 Å². The molecule has 0 fully saturated rings. The van der Waals surface area contributed by atoms with E-state index in [0.29, 0.717) is 35.8 Å². The Labute approximate surface area is 195 Å². The van der Waals surface area contributed by atoms with Crippen molar-refractivity contribution in [2.24, 2.45) is 7.05 Å². The second-order valence-corrected chi connectivity index (χ2v) is 8.51. The zero-order chi connectivity index (χ0) is 24.0. The molecule has 0 saturated heterocycles. The SMILES string of the molecule is C[C@@H](Nc1ccccc1C(=O)O)c1cc(F)cc2c(=O)n(C)c(N3Cc4ccccc4C3)nc12. The first kappa shape index (κ1) is 21.6. The number of aromatic carboxylic acids is 1. The molecule has 34 heavy (non-hydrogen) atoms. The molecular formula is C26H23FN4O3. The van der Waals surface area contributed by atoms with E-state index in [1.165, 1.54) is 33.9 Å². The highest BCUT2D eigenvalue weighted by atomic mass is 19.1. The summed E-state index contributed by atoms with van der Waals surface area (Å²) in [4.78, 5) is 31.7. The normalized spacial score (nSPS) is 13.7. The van der Waals surface area contributed by atoms with Gasteiger partial charge < -0.3 is 15.3 Å². The van der Waals surface area contributed by atoms with Crippen molar-refractivity contribution in [3.63, 3.8) is 0 Å². The molecule has 0 aliphatic carbocycles. The molecule has 2 heterocycles. The largest absolute Gasteiger partial charge is 0.478 e. The Bertz CT molecular complexity index is 1470. The quantitative estimate of drug-likeness (QED) is 0.459. The highest BCUT2D eigenvalue weighted by molar-refractivity contribution is 5.94. The number of carboxylic acid groups (broad SMARTS) is 1. The molecule has 0 radical (unpaired) electrons. The molecule has 172 valence electrons. The third-order valence-corrected chi connectivity index (χ3v) is 6.27. The number of carboxylic acids is 1. The van der Waals surface area contributed by atoms with E-state index in [-0.39, 0.29) is 16.5 Å². The molecule has 1 aliphatic heterocycles. The number of nitrogens with one attached hydrogen (secondary N) is 1. The molecule has 0 saturated carbocycles. The number of benzene rings is 3. The Kier molecular flexibility index (Phi) is 5.28. The highest BCUT2D eigenvalue weighted by Gasteiger charge is 2.25. The van der Waals surface area contributed by atoms with Crippen molar-refractivity contribution >= 4 is 28.5 Å². The number of aromatic nitrogens is 2. The molecule has 8 heteroatoms. The van der Waals surface area contributed by atoms with Crippen LogP contribution in [0.5, 0.6) is 0 Å². The zero-order valence-electron chi connectivity index (χ0n) is 18.7. The standard InChI is InChI=1S/C26H23FN4O3/c1-15(28-22-10-6-5-9-19(22)25(33)34)20-11-18(27)12-21-23(20)29-26(30(2)24(21)32)31-13-16-7-3-4-8-17(16)14-31/h3-12,15,28H,13-14H2,1-2H3,(H,33,34)/t15-/m1/s1. The summed E-state index contributed by atoms with van der Waals surface area (Å²) >= 11 is 0. The number of hydrogen-bond donors (Lipinski definition) is 2. The maximum Gasteiger partial charge on any atom is 0.337 e. The van der Waals surface area contributed by atoms with Crippen molar-refractivity contribution in [1.82, 2.24) is 9.55 Å². The first-order valence-electron chi connectivity index (χ1n) is 10.9. The van der Waals surface area contributed by atoms with Gasteiger partial charge in [-0.3, -0.25) is 9.36 Å². The molecule has 0 unspecified atom stereocenters. The van der Waals surface area contributed by atoms with Crippen LogP contribution in [0.3, 0.4) is 0 Å². The summed E-state index contributed by atoms with van der Waals surface area (Å²) in [6.45, 7) is 3.04. The molecule has 3 aromatic carbocycles. The number of nitrogens with zero attached hydrogens (tertiary/aromatic N) is 3. The fourth-order valence-corrected chi connectivity index (χ4v) is 4.55. The van der Waals surface area contributed by atoms with Gasteiger partial charge in [0.2, 0.25) is 5.95 Å². The van der Waals surface area contributed by atoms with Gasteiger partial charge >= 0.3 is 5.97 Å². The summed E-state index contributed by atoms with van der Waals surface area (Å²) in [7, 11) is 1.64. The van der Waals surface area contributed by atoms with Crippen molar-refractivity contribution in [2.45, 2.75) is 26.1 Å². The molecule has 7 nitrogen and oxygen atoms in total. The van der Waals surface area contributed by atoms with Gasteiger partial charge in [0.05, 0.1) is 22.5 Å². The minimum absolute atomic E-state index is 0.106. The van der Waals surface area contributed by atoms with Crippen molar-refractivity contribution < 1.29 is 14.3 Å². The molecule has 0 amide bonds. The number of fused-ring (bicyclic) bond motifs is 2. The van der Waals surface area contributed by atoms with Crippen LogP contribution in [0.4, 0.5) is 16.0 Å². The van der Waals surface area contributed by atoms with E-state index < -0.39 is 17.8 Å². The molecule has 1 aliphatic rings. The summed E-state index contributed by atoms with van der Waals surface area (Å²) in [6, 6.07) is 16.6. The third kappa shape index (κ3) is 3.67. The second kappa shape index (κ2) is 8.30. The van der Waals surface area contributed by atoms with Gasteiger partial charge in [-0.05, 0) is 42.3 Å². The van der Waals surface area contributed by atoms with Crippen molar-refractivity contribution in [3.05, 3.63) is 99.1 Å². The van der Waals surface area contributed by atoms with Crippen LogP contribution in [-0.2, 0) is 20.1 Å². The Morgan fingerprint density at radius 3 is 2.41 bits per heavy atom. The number of para-hydroxylation sites is 1.